The summed E-state index contributed by atoms with van der Waals surface area (Å²) in [4.78, 5) is 29.5. The molecule has 1 aliphatic rings. The number of hydrogen-bond acceptors (Lipinski definition) is 4. The topological polar surface area (TPSA) is 79.3 Å². The molecule has 6 rings (SSSR count). The maximum atomic E-state index is 13.2. The summed E-state index contributed by atoms with van der Waals surface area (Å²) in [7, 11) is 0. The summed E-state index contributed by atoms with van der Waals surface area (Å²) in [5.74, 6) is 1.20. The first-order chi connectivity index (χ1) is 22.1. The number of amides is 3. The van der Waals surface area contributed by atoms with Crippen molar-refractivity contribution in [2.75, 3.05) is 23.7 Å². The van der Waals surface area contributed by atoms with Crippen molar-refractivity contribution < 1.29 is 9.59 Å². The summed E-state index contributed by atoms with van der Waals surface area (Å²) in [5, 5.41) is 12.9. The molecule has 3 aromatic carbocycles. The maximum Gasteiger partial charge on any atom is 0.324 e. The van der Waals surface area contributed by atoms with Crippen molar-refractivity contribution in [1.82, 2.24) is 14.7 Å². The van der Waals surface area contributed by atoms with E-state index in [4.69, 9.17) is 5.10 Å². The Balaban J connectivity index is 1.04. The number of likely N-dealkylation sites (tertiary alicyclic amines) is 1. The summed E-state index contributed by atoms with van der Waals surface area (Å²) in [6.07, 6.45) is 2.82. The monoisotopic (exact) mass is 631 g/mol. The molecule has 0 spiro atoms. The lowest BCUT2D eigenvalue weighted by Gasteiger charge is -2.32. The number of piperidine rings is 1. The van der Waals surface area contributed by atoms with Gasteiger partial charge in [-0.2, -0.15) is 5.10 Å². The van der Waals surface area contributed by atoms with Crippen LogP contribution in [-0.2, 0) is 11.8 Å². The van der Waals surface area contributed by atoms with Gasteiger partial charge in [0.1, 0.15) is 5.82 Å². The van der Waals surface area contributed by atoms with Gasteiger partial charge in [-0.3, -0.25) is 10.1 Å². The van der Waals surface area contributed by atoms with Crippen LogP contribution in [0.4, 0.5) is 16.3 Å². The first-order valence-electron chi connectivity index (χ1n) is 15.9. The van der Waals surface area contributed by atoms with Crippen molar-refractivity contribution in [3.05, 3.63) is 119 Å². The molecular weight excluding hydrogens is 591 g/mol. The van der Waals surface area contributed by atoms with Crippen molar-refractivity contribution in [3.63, 3.8) is 0 Å². The van der Waals surface area contributed by atoms with E-state index in [-0.39, 0.29) is 17.4 Å². The number of urea groups is 1. The molecule has 3 amide bonds. The normalized spacial score (nSPS) is 13.9. The number of benzene rings is 3. The quantitative estimate of drug-likeness (QED) is 0.188. The molecule has 46 heavy (non-hydrogen) atoms. The Kier molecular flexibility index (Phi) is 9.08. The highest BCUT2D eigenvalue weighted by atomic mass is 32.1. The van der Waals surface area contributed by atoms with Gasteiger partial charge in [-0.1, -0.05) is 68.8 Å². The van der Waals surface area contributed by atoms with Gasteiger partial charge in [-0.25, -0.2) is 9.48 Å². The fourth-order valence-electron chi connectivity index (χ4n) is 5.85. The van der Waals surface area contributed by atoms with Crippen LogP contribution < -0.4 is 10.6 Å². The molecule has 0 aliphatic carbocycles. The summed E-state index contributed by atoms with van der Waals surface area (Å²) in [6, 6.07) is 29.8. The third kappa shape index (κ3) is 7.40. The molecule has 0 unspecified atom stereocenters. The molecule has 1 aliphatic heterocycles. The third-order valence-corrected chi connectivity index (χ3v) is 9.47. The SMILES string of the molecule is Cc1ccc(-n2nc(C(C)(C)C)cc2NC(=O)Nc2cccc(CC3CCN(C(=O)c4ccc(-c5cccs5)cc4)CC3)c2)cc1. The molecule has 7 nitrogen and oxygen atoms in total. The van der Waals surface area contributed by atoms with Crippen molar-refractivity contribution in [2.24, 2.45) is 5.92 Å². The second kappa shape index (κ2) is 13.3. The van der Waals surface area contributed by atoms with Crippen LogP contribution in [0, 0.1) is 12.8 Å². The molecule has 2 aromatic heterocycles. The predicted octanol–water partition coefficient (Wildman–Crippen LogP) is 8.95. The molecule has 1 saturated heterocycles. The average Bonchev–Trinajstić information content (AvgIpc) is 3.73. The molecule has 236 valence electrons. The van der Waals surface area contributed by atoms with Crippen molar-refractivity contribution >= 4 is 34.8 Å². The molecule has 5 aromatic rings. The lowest BCUT2D eigenvalue weighted by Crippen LogP contribution is -2.38. The number of rotatable bonds is 7. The van der Waals surface area contributed by atoms with E-state index in [0.717, 1.165) is 66.1 Å². The van der Waals surface area contributed by atoms with Gasteiger partial charge in [-0.05, 0) is 91.1 Å². The van der Waals surface area contributed by atoms with Gasteiger partial charge in [0.05, 0.1) is 11.4 Å². The van der Waals surface area contributed by atoms with Crippen LogP contribution in [0.25, 0.3) is 16.1 Å². The Bertz CT molecular complexity index is 1790. The van der Waals surface area contributed by atoms with E-state index < -0.39 is 0 Å². The van der Waals surface area contributed by atoms with Crippen LogP contribution in [0.1, 0.15) is 60.8 Å². The highest BCUT2D eigenvalue weighted by Gasteiger charge is 2.25. The first-order valence-corrected chi connectivity index (χ1v) is 16.8. The molecular formula is C38H41N5O2S. The summed E-state index contributed by atoms with van der Waals surface area (Å²) in [6.45, 7) is 9.87. The number of anilines is 2. The van der Waals surface area contributed by atoms with Gasteiger partial charge < -0.3 is 10.2 Å². The number of hydrogen-bond donors (Lipinski definition) is 2. The predicted molar refractivity (Wildman–Crippen MR) is 188 cm³/mol. The molecule has 0 atom stereocenters. The minimum atomic E-state index is -0.318. The van der Waals surface area contributed by atoms with Gasteiger partial charge in [0.25, 0.3) is 5.91 Å². The number of nitrogens with zero attached hydrogens (tertiary/aromatic N) is 3. The maximum absolute atomic E-state index is 13.2. The van der Waals surface area contributed by atoms with Gasteiger partial charge >= 0.3 is 6.03 Å². The fraction of sp³-hybridized carbons (Fsp3) is 0.289. The molecule has 0 bridgehead atoms. The Morgan fingerprint density at radius 1 is 0.891 bits per heavy atom. The molecule has 3 heterocycles. The molecule has 2 N–H and O–H groups in total. The van der Waals surface area contributed by atoms with E-state index in [0.29, 0.717) is 11.7 Å². The van der Waals surface area contributed by atoms with Crippen LogP contribution in [0.15, 0.2) is 96.4 Å². The smallest absolute Gasteiger partial charge is 0.324 e. The van der Waals surface area contributed by atoms with E-state index in [9.17, 15) is 9.59 Å². The van der Waals surface area contributed by atoms with Crippen LogP contribution in [-0.4, -0.2) is 39.7 Å². The largest absolute Gasteiger partial charge is 0.339 e. The highest BCUT2D eigenvalue weighted by Crippen LogP contribution is 2.29. The lowest BCUT2D eigenvalue weighted by molar-refractivity contribution is 0.0690. The lowest BCUT2D eigenvalue weighted by atomic mass is 9.89. The first kappa shape index (κ1) is 31.3. The highest BCUT2D eigenvalue weighted by molar-refractivity contribution is 7.13. The minimum absolute atomic E-state index is 0.103. The second-order valence-electron chi connectivity index (χ2n) is 13.2. The standard InChI is InChI=1S/C38H41N5O2S/c1-26-10-16-32(17-11-26)43-35(25-34(41-43)38(2,3)4)40-37(45)39-31-8-5-7-28(24-31)23-27-18-20-42(21-19-27)36(44)30-14-12-29(13-15-30)33-9-6-22-46-33/h5-17,22,24-25,27H,18-21,23H2,1-4H3,(H2,39,40,45). The second-order valence-corrected chi connectivity index (χ2v) is 14.1. The number of carbonyl (C=O) groups excluding carboxylic acids is 2. The van der Waals surface area contributed by atoms with Gasteiger partial charge in [0.2, 0.25) is 0 Å². The van der Waals surface area contributed by atoms with Gasteiger partial charge in [0.15, 0.2) is 0 Å². The zero-order valence-electron chi connectivity index (χ0n) is 26.9. The van der Waals surface area contributed by atoms with E-state index in [1.165, 1.54) is 10.4 Å². The molecule has 1 fully saturated rings. The van der Waals surface area contributed by atoms with Crippen LogP contribution in [0.3, 0.4) is 0 Å². The summed E-state index contributed by atoms with van der Waals surface area (Å²) < 4.78 is 1.79. The van der Waals surface area contributed by atoms with E-state index in [2.05, 4.69) is 48.9 Å². The average molecular weight is 632 g/mol. The zero-order chi connectivity index (χ0) is 32.3. The Morgan fingerprint density at radius 2 is 1.63 bits per heavy atom. The van der Waals surface area contributed by atoms with Crippen LogP contribution in [0.5, 0.6) is 0 Å². The summed E-state index contributed by atoms with van der Waals surface area (Å²) in [5.41, 5.74) is 6.57. The number of aryl methyl sites for hydroxylation is 1. The number of nitrogens with one attached hydrogen (secondary N) is 2. The molecule has 8 heteroatoms. The van der Waals surface area contributed by atoms with E-state index >= 15 is 0 Å². The van der Waals surface area contributed by atoms with Crippen molar-refractivity contribution in [1.29, 1.82) is 0 Å². The van der Waals surface area contributed by atoms with Crippen LogP contribution in [0.2, 0.25) is 0 Å². The van der Waals surface area contributed by atoms with Crippen LogP contribution >= 0.6 is 11.3 Å². The zero-order valence-corrected chi connectivity index (χ0v) is 27.7. The molecule has 0 radical (unpaired) electrons. The number of carbonyl (C=O) groups is 2. The number of thiophene rings is 1. The Morgan fingerprint density at radius 3 is 2.30 bits per heavy atom. The minimum Gasteiger partial charge on any atom is -0.339 e. The Hall–Kier alpha value is -4.69. The molecule has 0 saturated carbocycles. The fourth-order valence-corrected chi connectivity index (χ4v) is 6.58. The van der Waals surface area contributed by atoms with Gasteiger partial charge in [-0.15, -0.1) is 11.3 Å². The van der Waals surface area contributed by atoms with Gasteiger partial charge in [0, 0.05) is 40.7 Å². The third-order valence-electron chi connectivity index (χ3n) is 8.55. The summed E-state index contributed by atoms with van der Waals surface area (Å²) >= 11 is 1.70. The van der Waals surface area contributed by atoms with E-state index in [1.54, 1.807) is 16.0 Å². The van der Waals surface area contributed by atoms with E-state index in [1.807, 2.05) is 90.7 Å². The van der Waals surface area contributed by atoms with Crippen molar-refractivity contribution in [3.8, 4) is 16.1 Å². The number of aromatic nitrogens is 2. The van der Waals surface area contributed by atoms with Crippen molar-refractivity contribution in [2.45, 2.75) is 52.4 Å². The Labute approximate surface area is 275 Å².